The van der Waals surface area contributed by atoms with Crippen LogP contribution in [0, 0.1) is 0 Å². The normalized spacial score (nSPS) is 19.5. The SMILES string of the molecule is CCC[C@]1(c2ccccc2)NC(=O)N(CC(=O)NC(=O)NCC)C1=O. The molecule has 1 heterocycles. The van der Waals surface area contributed by atoms with Gasteiger partial charge < -0.3 is 10.6 Å². The van der Waals surface area contributed by atoms with Gasteiger partial charge in [-0.2, -0.15) is 0 Å². The van der Waals surface area contributed by atoms with E-state index in [2.05, 4.69) is 16.0 Å². The van der Waals surface area contributed by atoms with Crippen LogP contribution in [-0.2, 0) is 15.1 Å². The lowest BCUT2D eigenvalue weighted by molar-refractivity contribution is -0.135. The molecule has 8 heteroatoms. The van der Waals surface area contributed by atoms with Gasteiger partial charge in [0.15, 0.2) is 0 Å². The van der Waals surface area contributed by atoms with Crippen LogP contribution < -0.4 is 16.0 Å². The van der Waals surface area contributed by atoms with Crippen molar-refractivity contribution in [1.29, 1.82) is 0 Å². The van der Waals surface area contributed by atoms with Crippen molar-refractivity contribution in [2.75, 3.05) is 13.1 Å². The minimum absolute atomic E-state index is 0.357. The van der Waals surface area contributed by atoms with E-state index in [-0.39, 0.29) is 0 Å². The number of amides is 6. The van der Waals surface area contributed by atoms with E-state index in [0.717, 1.165) is 4.90 Å². The molecule has 0 unspecified atom stereocenters. The van der Waals surface area contributed by atoms with E-state index in [9.17, 15) is 19.2 Å². The van der Waals surface area contributed by atoms with Gasteiger partial charge in [-0.25, -0.2) is 9.59 Å². The number of benzene rings is 1. The van der Waals surface area contributed by atoms with Crippen molar-refractivity contribution in [2.24, 2.45) is 0 Å². The molecule has 0 saturated carbocycles. The number of urea groups is 2. The molecule has 0 aliphatic carbocycles. The van der Waals surface area contributed by atoms with Crippen LogP contribution in [0.1, 0.15) is 32.3 Å². The number of hydrogen-bond donors (Lipinski definition) is 3. The zero-order chi connectivity index (χ0) is 18.4. The van der Waals surface area contributed by atoms with Crippen LogP contribution >= 0.6 is 0 Å². The van der Waals surface area contributed by atoms with Crippen molar-refractivity contribution >= 4 is 23.9 Å². The Morgan fingerprint density at radius 3 is 2.44 bits per heavy atom. The summed E-state index contributed by atoms with van der Waals surface area (Å²) in [6, 6.07) is 7.63. The second kappa shape index (κ2) is 7.78. The highest BCUT2D eigenvalue weighted by Gasteiger charge is 2.52. The number of carbonyl (C=O) groups excluding carboxylic acids is 4. The van der Waals surface area contributed by atoms with Gasteiger partial charge in [0.25, 0.3) is 5.91 Å². The van der Waals surface area contributed by atoms with Crippen molar-refractivity contribution < 1.29 is 19.2 Å². The summed E-state index contributed by atoms with van der Waals surface area (Å²) >= 11 is 0. The smallest absolute Gasteiger partial charge is 0.325 e. The van der Waals surface area contributed by atoms with Gasteiger partial charge in [0.2, 0.25) is 5.91 Å². The van der Waals surface area contributed by atoms with Crippen LogP contribution in [0.5, 0.6) is 0 Å². The second-order valence-electron chi connectivity index (χ2n) is 5.75. The molecule has 0 spiro atoms. The Kier molecular flexibility index (Phi) is 5.74. The fourth-order valence-electron chi connectivity index (χ4n) is 2.89. The molecule has 0 bridgehead atoms. The monoisotopic (exact) mass is 346 g/mol. The Morgan fingerprint density at radius 1 is 1.16 bits per heavy atom. The van der Waals surface area contributed by atoms with E-state index in [1.807, 2.05) is 13.0 Å². The van der Waals surface area contributed by atoms with E-state index < -0.39 is 36.0 Å². The number of nitrogens with one attached hydrogen (secondary N) is 3. The predicted molar refractivity (Wildman–Crippen MR) is 90.5 cm³/mol. The van der Waals surface area contributed by atoms with Crippen LogP contribution in [0.15, 0.2) is 30.3 Å². The molecule has 0 aromatic heterocycles. The van der Waals surface area contributed by atoms with Crippen LogP contribution in [0.2, 0.25) is 0 Å². The summed E-state index contributed by atoms with van der Waals surface area (Å²) in [5.41, 5.74) is -0.513. The Morgan fingerprint density at radius 2 is 1.84 bits per heavy atom. The Labute approximate surface area is 145 Å². The molecular formula is C17H22N4O4. The maximum atomic E-state index is 12.9. The maximum absolute atomic E-state index is 12.9. The third kappa shape index (κ3) is 3.78. The Hall–Kier alpha value is -2.90. The number of hydrogen-bond acceptors (Lipinski definition) is 4. The largest absolute Gasteiger partial charge is 0.338 e. The summed E-state index contributed by atoms with van der Waals surface area (Å²) in [5, 5.41) is 7.22. The summed E-state index contributed by atoms with van der Waals surface area (Å²) < 4.78 is 0. The van der Waals surface area contributed by atoms with Gasteiger partial charge in [-0.15, -0.1) is 0 Å². The number of carbonyl (C=O) groups is 4. The quantitative estimate of drug-likeness (QED) is 0.670. The molecule has 1 atom stereocenters. The summed E-state index contributed by atoms with van der Waals surface area (Å²) in [5.74, 6) is -1.22. The van der Waals surface area contributed by atoms with Crippen molar-refractivity contribution in [3.63, 3.8) is 0 Å². The van der Waals surface area contributed by atoms with E-state index >= 15 is 0 Å². The Bertz CT molecular complexity index is 676. The van der Waals surface area contributed by atoms with Gasteiger partial charge >= 0.3 is 12.1 Å². The summed E-state index contributed by atoms with van der Waals surface area (Å²) in [6.07, 6.45) is 1.08. The van der Waals surface area contributed by atoms with Crippen LogP contribution in [0.25, 0.3) is 0 Å². The van der Waals surface area contributed by atoms with Crippen LogP contribution in [0.4, 0.5) is 9.59 Å². The highest BCUT2D eigenvalue weighted by molar-refractivity contribution is 6.10. The molecule has 2 rings (SSSR count). The molecule has 134 valence electrons. The summed E-state index contributed by atoms with van der Waals surface area (Å²) in [4.78, 5) is 49.4. The topological polar surface area (TPSA) is 108 Å². The third-order valence-corrected chi connectivity index (χ3v) is 3.96. The molecule has 3 N–H and O–H groups in total. The van der Waals surface area contributed by atoms with Crippen molar-refractivity contribution in [2.45, 2.75) is 32.2 Å². The minimum atomic E-state index is -1.18. The van der Waals surface area contributed by atoms with Crippen molar-refractivity contribution in [3.8, 4) is 0 Å². The molecule has 1 aromatic rings. The lowest BCUT2D eigenvalue weighted by atomic mass is 9.85. The van der Waals surface area contributed by atoms with Crippen molar-refractivity contribution in [3.05, 3.63) is 35.9 Å². The molecule has 1 aliphatic rings. The van der Waals surface area contributed by atoms with Gasteiger partial charge in [0.1, 0.15) is 12.1 Å². The first-order chi connectivity index (χ1) is 11.9. The lowest BCUT2D eigenvalue weighted by Gasteiger charge is -2.26. The maximum Gasteiger partial charge on any atom is 0.325 e. The minimum Gasteiger partial charge on any atom is -0.338 e. The van der Waals surface area contributed by atoms with E-state index in [4.69, 9.17) is 0 Å². The molecule has 25 heavy (non-hydrogen) atoms. The van der Waals surface area contributed by atoms with Crippen LogP contribution in [0.3, 0.4) is 0 Å². The number of rotatable bonds is 6. The standard InChI is InChI=1S/C17H22N4O4/c1-3-10-17(12-8-6-5-7-9-12)14(23)21(16(25)20-17)11-13(22)19-15(24)18-4-2/h5-9H,3-4,10-11H2,1-2H3,(H,20,25)(H2,18,19,22,24)/t17-/m1/s1. The highest BCUT2D eigenvalue weighted by Crippen LogP contribution is 2.33. The number of nitrogens with zero attached hydrogens (tertiary/aromatic N) is 1. The molecule has 1 fully saturated rings. The number of imide groups is 2. The molecule has 8 nitrogen and oxygen atoms in total. The zero-order valence-electron chi connectivity index (χ0n) is 14.3. The molecule has 6 amide bonds. The molecule has 0 radical (unpaired) electrons. The first-order valence-electron chi connectivity index (χ1n) is 8.22. The first-order valence-corrected chi connectivity index (χ1v) is 8.22. The molecule has 1 aliphatic heterocycles. The summed E-state index contributed by atoms with van der Waals surface area (Å²) in [6.45, 7) is 3.46. The Balaban J connectivity index is 2.20. The molecular weight excluding hydrogens is 324 g/mol. The second-order valence-corrected chi connectivity index (χ2v) is 5.75. The van der Waals surface area contributed by atoms with E-state index in [1.54, 1.807) is 31.2 Å². The fourth-order valence-corrected chi connectivity index (χ4v) is 2.89. The highest BCUT2D eigenvalue weighted by atomic mass is 16.2. The van der Waals surface area contributed by atoms with Gasteiger partial charge in [-0.3, -0.25) is 19.8 Å². The van der Waals surface area contributed by atoms with E-state index in [1.165, 1.54) is 0 Å². The molecule has 1 aromatic carbocycles. The lowest BCUT2D eigenvalue weighted by Crippen LogP contribution is -2.47. The van der Waals surface area contributed by atoms with Gasteiger partial charge in [-0.05, 0) is 18.9 Å². The predicted octanol–water partition coefficient (Wildman–Crippen LogP) is 1.08. The zero-order valence-corrected chi connectivity index (χ0v) is 14.3. The van der Waals surface area contributed by atoms with Gasteiger partial charge in [-0.1, -0.05) is 43.7 Å². The van der Waals surface area contributed by atoms with Crippen LogP contribution in [-0.4, -0.2) is 41.9 Å². The first kappa shape index (κ1) is 18.4. The average Bonchev–Trinajstić information content (AvgIpc) is 2.81. The third-order valence-electron chi connectivity index (χ3n) is 3.96. The summed E-state index contributed by atoms with van der Waals surface area (Å²) in [7, 11) is 0. The fraction of sp³-hybridized carbons (Fsp3) is 0.412. The van der Waals surface area contributed by atoms with Gasteiger partial charge in [0.05, 0.1) is 0 Å². The van der Waals surface area contributed by atoms with E-state index in [0.29, 0.717) is 24.9 Å². The van der Waals surface area contributed by atoms with Crippen molar-refractivity contribution in [1.82, 2.24) is 20.9 Å². The molecule has 1 saturated heterocycles. The van der Waals surface area contributed by atoms with Gasteiger partial charge in [0, 0.05) is 6.54 Å². The average molecular weight is 346 g/mol.